The van der Waals surface area contributed by atoms with Crippen molar-refractivity contribution in [3.05, 3.63) is 23.3 Å². The maximum absolute atomic E-state index is 12.7. The van der Waals surface area contributed by atoms with Crippen LogP contribution >= 0.6 is 0 Å². The first kappa shape index (κ1) is 14.2. The Balaban J connectivity index is 2.79. The molecule has 0 radical (unpaired) electrons. The average Bonchev–Trinajstić information content (AvgIpc) is 2.29. The summed E-state index contributed by atoms with van der Waals surface area (Å²) in [6, 6.07) is 0. The van der Waals surface area contributed by atoms with Crippen molar-refractivity contribution < 1.29 is 22.7 Å². The van der Waals surface area contributed by atoms with Crippen LogP contribution in [0, 0.1) is 6.92 Å². The summed E-state index contributed by atoms with van der Waals surface area (Å²) in [5.74, 6) is 0.0482. The Morgan fingerprint density at radius 1 is 1.50 bits per heavy atom. The van der Waals surface area contributed by atoms with Crippen LogP contribution < -0.4 is 5.32 Å². The van der Waals surface area contributed by atoms with E-state index in [0.717, 1.165) is 6.20 Å². The number of hydrogen-bond donors (Lipinski definition) is 1. The zero-order valence-corrected chi connectivity index (χ0v) is 9.84. The monoisotopic (exact) mass is 263 g/mol. The number of halogens is 3. The van der Waals surface area contributed by atoms with Crippen molar-refractivity contribution in [1.29, 1.82) is 0 Å². The van der Waals surface area contributed by atoms with E-state index in [2.05, 4.69) is 20.0 Å². The molecule has 0 aliphatic carbocycles. The number of aromatic nitrogens is 2. The molecule has 1 N–H and O–H groups in total. The molecule has 0 aromatic carbocycles. The van der Waals surface area contributed by atoms with Crippen molar-refractivity contribution in [3.8, 4) is 0 Å². The van der Waals surface area contributed by atoms with Crippen LogP contribution in [0.15, 0.2) is 6.20 Å². The summed E-state index contributed by atoms with van der Waals surface area (Å²) in [4.78, 5) is 17.8. The van der Waals surface area contributed by atoms with Gasteiger partial charge in [0.25, 0.3) is 0 Å². The standard InChI is InChI=1S/C10H12F3N3O2/c1-6-15-5-7(3-4-14-9(17)18-2)8(16-6)10(11,12)13/h5H,3-4H2,1-2H3,(H,14,17). The summed E-state index contributed by atoms with van der Waals surface area (Å²) in [6.45, 7) is 1.40. The molecule has 0 unspecified atom stereocenters. The summed E-state index contributed by atoms with van der Waals surface area (Å²) in [5, 5.41) is 2.29. The molecule has 1 heterocycles. The number of hydrogen-bond acceptors (Lipinski definition) is 4. The number of amides is 1. The lowest BCUT2D eigenvalue weighted by atomic mass is 10.1. The molecule has 1 aromatic rings. The zero-order chi connectivity index (χ0) is 13.8. The van der Waals surface area contributed by atoms with E-state index in [4.69, 9.17) is 0 Å². The van der Waals surface area contributed by atoms with Gasteiger partial charge in [-0.2, -0.15) is 13.2 Å². The van der Waals surface area contributed by atoms with Crippen molar-refractivity contribution in [2.45, 2.75) is 19.5 Å². The van der Waals surface area contributed by atoms with E-state index in [9.17, 15) is 18.0 Å². The molecule has 0 saturated heterocycles. The van der Waals surface area contributed by atoms with E-state index in [-0.39, 0.29) is 24.4 Å². The molecule has 0 aliphatic rings. The molecule has 0 atom stereocenters. The third-order valence-corrected chi connectivity index (χ3v) is 2.10. The van der Waals surface area contributed by atoms with Crippen molar-refractivity contribution in [1.82, 2.24) is 15.3 Å². The second-order valence-corrected chi connectivity index (χ2v) is 3.46. The van der Waals surface area contributed by atoms with Gasteiger partial charge in [0.15, 0.2) is 5.69 Å². The van der Waals surface area contributed by atoms with Crippen molar-refractivity contribution in [3.63, 3.8) is 0 Å². The van der Waals surface area contributed by atoms with Crippen LogP contribution in [0.3, 0.4) is 0 Å². The van der Waals surface area contributed by atoms with Crippen molar-refractivity contribution in [2.75, 3.05) is 13.7 Å². The average molecular weight is 263 g/mol. The molecule has 0 spiro atoms. The predicted molar refractivity (Wildman–Crippen MR) is 55.9 cm³/mol. The van der Waals surface area contributed by atoms with Crippen LogP contribution in [0.25, 0.3) is 0 Å². The maximum Gasteiger partial charge on any atom is 0.433 e. The number of carbonyl (C=O) groups is 1. The van der Waals surface area contributed by atoms with Gasteiger partial charge in [-0.25, -0.2) is 14.8 Å². The predicted octanol–water partition coefficient (Wildman–Crippen LogP) is 1.70. The number of nitrogens with zero attached hydrogens (tertiary/aromatic N) is 2. The number of ether oxygens (including phenoxy) is 1. The summed E-state index contributed by atoms with van der Waals surface area (Å²) < 4.78 is 42.3. The third kappa shape index (κ3) is 3.86. The SMILES string of the molecule is COC(=O)NCCc1cnc(C)nc1C(F)(F)F. The van der Waals surface area contributed by atoms with Crippen LogP contribution in [0.2, 0.25) is 0 Å². The molecule has 1 rings (SSSR count). The second-order valence-electron chi connectivity index (χ2n) is 3.46. The Labute approximate surface area is 101 Å². The molecule has 0 aliphatic heterocycles. The third-order valence-electron chi connectivity index (χ3n) is 2.10. The van der Waals surface area contributed by atoms with Gasteiger partial charge in [0.1, 0.15) is 5.82 Å². The number of methoxy groups -OCH3 is 1. The Morgan fingerprint density at radius 3 is 2.72 bits per heavy atom. The number of carbonyl (C=O) groups excluding carboxylic acids is 1. The first-order chi connectivity index (χ1) is 8.34. The lowest BCUT2D eigenvalue weighted by molar-refractivity contribution is -0.142. The van der Waals surface area contributed by atoms with Crippen LogP contribution in [0.1, 0.15) is 17.1 Å². The normalized spacial score (nSPS) is 11.2. The van der Waals surface area contributed by atoms with Gasteiger partial charge in [-0.05, 0) is 13.3 Å². The largest absolute Gasteiger partial charge is 0.453 e. The summed E-state index contributed by atoms with van der Waals surface area (Å²) in [5.41, 5.74) is -1.04. The fraction of sp³-hybridized carbons (Fsp3) is 0.500. The topological polar surface area (TPSA) is 64.1 Å². The summed E-state index contributed by atoms with van der Waals surface area (Å²) in [7, 11) is 1.17. The van der Waals surface area contributed by atoms with Gasteiger partial charge >= 0.3 is 12.3 Å². The van der Waals surface area contributed by atoms with E-state index >= 15 is 0 Å². The molecule has 5 nitrogen and oxygen atoms in total. The molecule has 0 bridgehead atoms. The molecular formula is C10H12F3N3O2. The van der Waals surface area contributed by atoms with E-state index in [1.807, 2.05) is 0 Å². The number of alkyl carbamates (subject to hydrolysis) is 1. The highest BCUT2D eigenvalue weighted by Gasteiger charge is 2.35. The smallest absolute Gasteiger partial charge is 0.433 e. The van der Waals surface area contributed by atoms with Crippen LogP contribution in [0.5, 0.6) is 0 Å². The highest BCUT2D eigenvalue weighted by Crippen LogP contribution is 2.30. The first-order valence-corrected chi connectivity index (χ1v) is 5.06. The highest BCUT2D eigenvalue weighted by atomic mass is 19.4. The Hall–Kier alpha value is -1.86. The molecule has 100 valence electrons. The molecule has 0 fully saturated rings. The number of rotatable bonds is 3. The van der Waals surface area contributed by atoms with Gasteiger partial charge in [-0.1, -0.05) is 0 Å². The molecule has 1 aromatic heterocycles. The fourth-order valence-corrected chi connectivity index (χ4v) is 1.29. The van der Waals surface area contributed by atoms with Crippen molar-refractivity contribution >= 4 is 6.09 Å². The summed E-state index contributed by atoms with van der Waals surface area (Å²) in [6.07, 6.45) is -4.14. The number of aryl methyl sites for hydroxylation is 1. The molecule has 0 saturated carbocycles. The lowest BCUT2D eigenvalue weighted by Crippen LogP contribution is -2.26. The van der Waals surface area contributed by atoms with Gasteiger partial charge in [0.2, 0.25) is 0 Å². The van der Waals surface area contributed by atoms with Crippen LogP contribution in [0.4, 0.5) is 18.0 Å². The number of nitrogens with one attached hydrogen (secondary N) is 1. The second kappa shape index (κ2) is 5.65. The van der Waals surface area contributed by atoms with Gasteiger partial charge < -0.3 is 10.1 Å². The summed E-state index contributed by atoms with van der Waals surface area (Å²) >= 11 is 0. The van der Waals surface area contributed by atoms with E-state index < -0.39 is 18.0 Å². The highest BCUT2D eigenvalue weighted by molar-refractivity contribution is 5.66. The van der Waals surface area contributed by atoms with E-state index in [1.165, 1.54) is 14.0 Å². The van der Waals surface area contributed by atoms with Crippen LogP contribution in [-0.4, -0.2) is 29.7 Å². The molecular weight excluding hydrogens is 251 g/mol. The van der Waals surface area contributed by atoms with Crippen LogP contribution in [-0.2, 0) is 17.3 Å². The van der Waals surface area contributed by atoms with Gasteiger partial charge in [-0.15, -0.1) is 0 Å². The maximum atomic E-state index is 12.7. The minimum Gasteiger partial charge on any atom is -0.453 e. The molecule has 1 amide bonds. The minimum atomic E-state index is -4.53. The van der Waals surface area contributed by atoms with Gasteiger partial charge in [-0.3, -0.25) is 0 Å². The Morgan fingerprint density at radius 2 is 2.17 bits per heavy atom. The molecule has 18 heavy (non-hydrogen) atoms. The fourth-order valence-electron chi connectivity index (χ4n) is 1.29. The van der Waals surface area contributed by atoms with Crippen molar-refractivity contribution in [2.24, 2.45) is 0 Å². The Kier molecular flexibility index (Phi) is 4.46. The lowest BCUT2D eigenvalue weighted by Gasteiger charge is -2.12. The quantitative estimate of drug-likeness (QED) is 0.901. The van der Waals surface area contributed by atoms with E-state index in [1.54, 1.807) is 0 Å². The molecule has 8 heteroatoms. The van der Waals surface area contributed by atoms with Gasteiger partial charge in [0.05, 0.1) is 7.11 Å². The number of alkyl halides is 3. The van der Waals surface area contributed by atoms with Gasteiger partial charge in [0, 0.05) is 18.3 Å². The Bertz CT molecular complexity index is 435. The first-order valence-electron chi connectivity index (χ1n) is 5.06. The van der Waals surface area contributed by atoms with E-state index in [0.29, 0.717) is 0 Å². The minimum absolute atomic E-state index is 0.0160. The zero-order valence-electron chi connectivity index (χ0n) is 9.84.